The molecule has 0 bridgehead atoms. The zero-order chi connectivity index (χ0) is 14.5. The van der Waals surface area contributed by atoms with Crippen molar-refractivity contribution < 1.29 is 9.90 Å². The summed E-state index contributed by atoms with van der Waals surface area (Å²) in [6, 6.07) is 8.11. The molecule has 0 aliphatic carbocycles. The second kappa shape index (κ2) is 6.32. The van der Waals surface area contributed by atoms with E-state index in [4.69, 9.17) is 5.11 Å². The van der Waals surface area contributed by atoms with Crippen molar-refractivity contribution in [3.8, 4) is 0 Å². The van der Waals surface area contributed by atoms with Crippen LogP contribution < -0.4 is 4.90 Å². The van der Waals surface area contributed by atoms with E-state index in [-0.39, 0.29) is 12.5 Å². The van der Waals surface area contributed by atoms with Crippen LogP contribution in [-0.4, -0.2) is 33.6 Å². The molecule has 1 aromatic carbocycles. The lowest BCUT2D eigenvalue weighted by Crippen LogP contribution is -2.33. The van der Waals surface area contributed by atoms with Crippen molar-refractivity contribution in [2.45, 2.75) is 32.7 Å². The predicted molar refractivity (Wildman–Crippen MR) is 78.9 cm³/mol. The first-order valence-electron chi connectivity index (χ1n) is 6.77. The third-order valence-electron chi connectivity index (χ3n) is 3.21. The van der Waals surface area contributed by atoms with Gasteiger partial charge in [-0.25, -0.2) is 9.97 Å². The summed E-state index contributed by atoms with van der Waals surface area (Å²) in [5.74, 6) is 0.109. The maximum atomic E-state index is 10.7. The molecule has 5 nitrogen and oxygen atoms in total. The number of carboxylic acid groups (broad SMARTS) is 1. The Kier molecular flexibility index (Phi) is 4.50. The second-order valence-electron chi connectivity index (χ2n) is 5.00. The minimum atomic E-state index is -0.763. The molecule has 0 amide bonds. The van der Waals surface area contributed by atoms with Crippen LogP contribution in [0.1, 0.15) is 26.7 Å². The molecule has 0 radical (unpaired) electrons. The molecule has 1 heterocycles. The SMILES string of the molecule is CC(C)N(CCCC(=O)O)c1ncnc2ccccc12. The standard InChI is InChI=1S/C15H19N3O2/c1-11(2)18(9-5-8-14(19)20)15-12-6-3-4-7-13(12)16-10-17-15/h3-4,6-7,10-11H,5,8-9H2,1-2H3,(H,19,20). The van der Waals surface area contributed by atoms with Gasteiger partial charge in [0.05, 0.1) is 5.52 Å². The highest BCUT2D eigenvalue weighted by Gasteiger charge is 2.15. The Hall–Kier alpha value is -2.17. The van der Waals surface area contributed by atoms with Crippen LogP contribution in [-0.2, 0) is 4.79 Å². The highest BCUT2D eigenvalue weighted by Crippen LogP contribution is 2.24. The molecule has 20 heavy (non-hydrogen) atoms. The number of aromatic nitrogens is 2. The van der Waals surface area contributed by atoms with Gasteiger partial charge in [0.2, 0.25) is 0 Å². The van der Waals surface area contributed by atoms with Crippen molar-refractivity contribution in [1.29, 1.82) is 0 Å². The maximum absolute atomic E-state index is 10.7. The molecule has 106 valence electrons. The third kappa shape index (κ3) is 3.23. The summed E-state index contributed by atoms with van der Waals surface area (Å²) in [6.45, 7) is 4.83. The first kappa shape index (κ1) is 14.2. The molecule has 0 atom stereocenters. The van der Waals surface area contributed by atoms with Crippen LogP contribution in [0.3, 0.4) is 0 Å². The van der Waals surface area contributed by atoms with Crippen molar-refractivity contribution >= 4 is 22.7 Å². The molecular formula is C15H19N3O2. The molecule has 5 heteroatoms. The lowest BCUT2D eigenvalue weighted by molar-refractivity contribution is -0.137. The first-order chi connectivity index (χ1) is 9.59. The van der Waals surface area contributed by atoms with E-state index in [2.05, 4.69) is 28.7 Å². The molecule has 0 saturated carbocycles. The van der Waals surface area contributed by atoms with E-state index >= 15 is 0 Å². The Morgan fingerprint density at radius 3 is 2.75 bits per heavy atom. The van der Waals surface area contributed by atoms with Gasteiger partial charge in [0.1, 0.15) is 12.1 Å². The molecule has 0 spiro atoms. The molecule has 1 aromatic heterocycles. The molecule has 0 aliphatic rings. The Labute approximate surface area is 118 Å². The van der Waals surface area contributed by atoms with E-state index in [1.54, 1.807) is 6.33 Å². The number of carboxylic acids is 1. The largest absolute Gasteiger partial charge is 0.481 e. The average Bonchev–Trinajstić information content (AvgIpc) is 2.42. The van der Waals surface area contributed by atoms with Gasteiger partial charge in [0.15, 0.2) is 0 Å². The predicted octanol–water partition coefficient (Wildman–Crippen LogP) is 2.71. The van der Waals surface area contributed by atoms with Crippen molar-refractivity contribution in [3.63, 3.8) is 0 Å². The van der Waals surface area contributed by atoms with Crippen LogP contribution in [0.15, 0.2) is 30.6 Å². The van der Waals surface area contributed by atoms with Gasteiger partial charge in [-0.15, -0.1) is 0 Å². The zero-order valence-electron chi connectivity index (χ0n) is 11.8. The number of hydrogen-bond donors (Lipinski definition) is 1. The Balaban J connectivity index is 2.29. The summed E-state index contributed by atoms with van der Waals surface area (Å²) in [4.78, 5) is 21.4. The van der Waals surface area contributed by atoms with Crippen LogP contribution in [0.4, 0.5) is 5.82 Å². The van der Waals surface area contributed by atoms with E-state index in [0.717, 1.165) is 16.7 Å². The quantitative estimate of drug-likeness (QED) is 0.876. The summed E-state index contributed by atoms with van der Waals surface area (Å²) in [6.07, 6.45) is 2.34. The van der Waals surface area contributed by atoms with Gasteiger partial charge in [0, 0.05) is 24.4 Å². The minimum absolute atomic E-state index is 0.173. The number of fused-ring (bicyclic) bond motifs is 1. The fourth-order valence-electron chi connectivity index (χ4n) is 2.23. The molecule has 0 fully saturated rings. The summed E-state index contributed by atoms with van der Waals surface area (Å²) in [7, 11) is 0. The molecule has 0 saturated heterocycles. The molecular weight excluding hydrogens is 254 g/mol. The van der Waals surface area contributed by atoms with Gasteiger partial charge >= 0.3 is 5.97 Å². The molecule has 2 rings (SSSR count). The number of hydrogen-bond acceptors (Lipinski definition) is 4. The van der Waals surface area contributed by atoms with Gasteiger partial charge in [0.25, 0.3) is 0 Å². The first-order valence-corrected chi connectivity index (χ1v) is 6.77. The smallest absolute Gasteiger partial charge is 0.303 e. The van der Waals surface area contributed by atoms with Crippen LogP contribution in [0.5, 0.6) is 0 Å². The van der Waals surface area contributed by atoms with Crippen molar-refractivity contribution in [1.82, 2.24) is 9.97 Å². The fourth-order valence-corrected chi connectivity index (χ4v) is 2.23. The monoisotopic (exact) mass is 273 g/mol. The van der Waals surface area contributed by atoms with Gasteiger partial charge in [-0.2, -0.15) is 0 Å². The normalized spacial score (nSPS) is 10.9. The Bertz CT molecular complexity index is 593. The number of para-hydroxylation sites is 1. The van der Waals surface area contributed by atoms with E-state index < -0.39 is 5.97 Å². The Morgan fingerprint density at radius 2 is 2.05 bits per heavy atom. The number of benzene rings is 1. The summed E-state index contributed by atoms with van der Waals surface area (Å²) >= 11 is 0. The van der Waals surface area contributed by atoms with Gasteiger partial charge in [-0.1, -0.05) is 12.1 Å². The van der Waals surface area contributed by atoms with Crippen LogP contribution in [0, 0.1) is 0 Å². The lowest BCUT2D eigenvalue weighted by Gasteiger charge is -2.28. The topological polar surface area (TPSA) is 66.3 Å². The lowest BCUT2D eigenvalue weighted by atomic mass is 10.2. The number of aliphatic carboxylic acids is 1. The average molecular weight is 273 g/mol. The Morgan fingerprint density at radius 1 is 1.30 bits per heavy atom. The van der Waals surface area contributed by atoms with Gasteiger partial charge in [-0.05, 0) is 32.4 Å². The second-order valence-corrected chi connectivity index (χ2v) is 5.00. The number of anilines is 1. The highest BCUT2D eigenvalue weighted by molar-refractivity contribution is 5.89. The van der Waals surface area contributed by atoms with Crippen LogP contribution in [0.25, 0.3) is 10.9 Å². The van der Waals surface area contributed by atoms with Gasteiger partial charge < -0.3 is 10.0 Å². The van der Waals surface area contributed by atoms with E-state index in [1.807, 2.05) is 24.3 Å². The van der Waals surface area contributed by atoms with Crippen molar-refractivity contribution in [3.05, 3.63) is 30.6 Å². The fraction of sp³-hybridized carbons (Fsp3) is 0.400. The molecule has 1 N–H and O–H groups in total. The van der Waals surface area contributed by atoms with Crippen molar-refractivity contribution in [2.24, 2.45) is 0 Å². The van der Waals surface area contributed by atoms with Crippen LogP contribution >= 0.6 is 0 Å². The van der Waals surface area contributed by atoms with E-state index in [9.17, 15) is 4.79 Å². The third-order valence-corrected chi connectivity index (χ3v) is 3.21. The van der Waals surface area contributed by atoms with E-state index in [1.165, 1.54) is 0 Å². The summed E-state index contributed by atoms with van der Waals surface area (Å²) in [5, 5.41) is 9.76. The van der Waals surface area contributed by atoms with Gasteiger partial charge in [-0.3, -0.25) is 4.79 Å². The number of rotatable bonds is 6. The maximum Gasteiger partial charge on any atom is 0.303 e. The zero-order valence-corrected chi connectivity index (χ0v) is 11.8. The van der Waals surface area contributed by atoms with Crippen LogP contribution in [0.2, 0.25) is 0 Å². The van der Waals surface area contributed by atoms with Crippen molar-refractivity contribution in [2.75, 3.05) is 11.4 Å². The number of carbonyl (C=O) groups is 1. The number of nitrogens with zero attached hydrogens (tertiary/aromatic N) is 3. The summed E-state index contributed by atoms with van der Waals surface area (Å²) < 4.78 is 0. The molecule has 0 aliphatic heterocycles. The molecule has 2 aromatic rings. The highest BCUT2D eigenvalue weighted by atomic mass is 16.4. The minimum Gasteiger partial charge on any atom is -0.481 e. The molecule has 0 unspecified atom stereocenters. The van der Waals surface area contributed by atoms with E-state index in [0.29, 0.717) is 13.0 Å². The summed E-state index contributed by atoms with van der Waals surface area (Å²) in [5.41, 5.74) is 0.904.